The number of hydrogen-bond donors (Lipinski definition) is 1. The Bertz CT molecular complexity index is 925. The van der Waals surface area contributed by atoms with Gasteiger partial charge < -0.3 is 5.32 Å². The third-order valence-corrected chi connectivity index (χ3v) is 5.71. The lowest BCUT2D eigenvalue weighted by Gasteiger charge is -2.17. The number of halogens is 1. The molecule has 0 radical (unpaired) electrons. The maximum absolute atomic E-state index is 12.5. The molecule has 126 valence electrons. The number of anilines is 2. The van der Waals surface area contributed by atoms with Crippen molar-refractivity contribution in [3.05, 3.63) is 58.1 Å². The fourth-order valence-electron chi connectivity index (χ4n) is 2.77. The predicted octanol–water partition coefficient (Wildman–Crippen LogP) is 3.22. The van der Waals surface area contributed by atoms with E-state index in [1.807, 2.05) is 6.92 Å². The Hall–Kier alpha value is -2.05. The van der Waals surface area contributed by atoms with Crippen molar-refractivity contribution >= 4 is 38.9 Å². The van der Waals surface area contributed by atoms with Crippen molar-refractivity contribution in [1.29, 1.82) is 0 Å². The van der Waals surface area contributed by atoms with Gasteiger partial charge in [-0.15, -0.1) is 0 Å². The van der Waals surface area contributed by atoms with Gasteiger partial charge in [0.05, 0.1) is 11.9 Å². The molecule has 7 heteroatoms. The van der Waals surface area contributed by atoms with E-state index in [2.05, 4.69) is 5.32 Å². The van der Waals surface area contributed by atoms with Crippen LogP contribution in [0.15, 0.2) is 36.4 Å². The van der Waals surface area contributed by atoms with Crippen LogP contribution in [0.2, 0.25) is 5.02 Å². The Balaban J connectivity index is 1.91. The molecule has 2 aromatic rings. The zero-order chi connectivity index (χ0) is 17.5. The van der Waals surface area contributed by atoms with Gasteiger partial charge in [-0.3, -0.25) is 9.10 Å². The molecule has 0 aromatic heterocycles. The third kappa shape index (κ3) is 3.12. The van der Waals surface area contributed by atoms with Crippen LogP contribution in [0.5, 0.6) is 0 Å². The van der Waals surface area contributed by atoms with Crippen molar-refractivity contribution < 1.29 is 13.2 Å². The smallest absolute Gasteiger partial charge is 0.255 e. The standard InChI is InChI=1S/C17H17ClN2O3S/c1-11-14(18)4-3-5-15(11)19-17(21)13-7-6-12-8-9-20(16(12)10-13)24(2,22)23/h3-7,10H,8-9H2,1-2H3,(H,19,21). The molecule has 1 heterocycles. The minimum Gasteiger partial charge on any atom is -0.322 e. The molecule has 0 aliphatic carbocycles. The van der Waals surface area contributed by atoms with Crippen molar-refractivity contribution in [2.45, 2.75) is 13.3 Å². The van der Waals surface area contributed by atoms with E-state index in [0.29, 0.717) is 34.9 Å². The normalized spacial score (nSPS) is 13.7. The van der Waals surface area contributed by atoms with Crippen molar-refractivity contribution in [3.8, 4) is 0 Å². The van der Waals surface area contributed by atoms with Crippen molar-refractivity contribution in [1.82, 2.24) is 0 Å². The first-order chi connectivity index (χ1) is 11.3. The summed E-state index contributed by atoms with van der Waals surface area (Å²) in [4.78, 5) is 12.5. The molecule has 0 bridgehead atoms. The summed E-state index contributed by atoms with van der Waals surface area (Å²) in [6.45, 7) is 2.23. The number of nitrogens with one attached hydrogen (secondary N) is 1. The molecular weight excluding hydrogens is 348 g/mol. The molecular formula is C17H17ClN2O3S. The van der Waals surface area contributed by atoms with Crippen molar-refractivity contribution in [2.75, 3.05) is 22.4 Å². The molecule has 1 aliphatic heterocycles. The molecule has 1 N–H and O–H groups in total. The fourth-order valence-corrected chi connectivity index (χ4v) is 3.90. The Morgan fingerprint density at radius 3 is 2.71 bits per heavy atom. The van der Waals surface area contributed by atoms with Crippen molar-refractivity contribution in [3.63, 3.8) is 0 Å². The van der Waals surface area contributed by atoms with Crippen LogP contribution in [-0.2, 0) is 16.4 Å². The number of hydrogen-bond acceptors (Lipinski definition) is 3. The highest BCUT2D eigenvalue weighted by Crippen LogP contribution is 2.31. The van der Waals surface area contributed by atoms with Crippen LogP contribution < -0.4 is 9.62 Å². The fraction of sp³-hybridized carbons (Fsp3) is 0.235. The molecule has 0 saturated carbocycles. The summed E-state index contributed by atoms with van der Waals surface area (Å²) >= 11 is 6.06. The largest absolute Gasteiger partial charge is 0.322 e. The van der Waals surface area contributed by atoms with E-state index in [1.165, 1.54) is 10.6 Å². The Morgan fingerprint density at radius 1 is 1.25 bits per heavy atom. The Morgan fingerprint density at radius 2 is 2.00 bits per heavy atom. The molecule has 0 spiro atoms. The number of fused-ring (bicyclic) bond motifs is 1. The van der Waals surface area contributed by atoms with Gasteiger partial charge in [-0.2, -0.15) is 0 Å². The van der Waals surface area contributed by atoms with E-state index in [-0.39, 0.29) is 5.91 Å². The van der Waals surface area contributed by atoms with Gasteiger partial charge in [0.1, 0.15) is 0 Å². The molecule has 0 saturated heterocycles. The Kier molecular flexibility index (Phi) is 4.27. The van der Waals surface area contributed by atoms with E-state index < -0.39 is 10.0 Å². The minimum atomic E-state index is -3.35. The second-order valence-electron chi connectivity index (χ2n) is 5.80. The van der Waals surface area contributed by atoms with Crippen LogP contribution in [0, 0.1) is 6.92 Å². The van der Waals surface area contributed by atoms with Gasteiger partial charge in [-0.1, -0.05) is 23.7 Å². The molecule has 1 amide bonds. The minimum absolute atomic E-state index is 0.302. The van der Waals surface area contributed by atoms with E-state index >= 15 is 0 Å². The highest BCUT2D eigenvalue weighted by Gasteiger charge is 2.27. The van der Waals surface area contributed by atoms with Crippen LogP contribution >= 0.6 is 11.6 Å². The van der Waals surface area contributed by atoms with E-state index in [0.717, 1.165) is 11.1 Å². The first kappa shape index (κ1) is 16.8. The van der Waals surface area contributed by atoms with Crippen LogP contribution in [-0.4, -0.2) is 27.1 Å². The number of carbonyl (C=O) groups is 1. The topological polar surface area (TPSA) is 66.5 Å². The zero-order valence-electron chi connectivity index (χ0n) is 13.3. The molecule has 3 rings (SSSR count). The van der Waals surface area contributed by atoms with E-state index in [9.17, 15) is 13.2 Å². The number of nitrogens with zero attached hydrogens (tertiary/aromatic N) is 1. The zero-order valence-corrected chi connectivity index (χ0v) is 14.9. The number of carbonyl (C=O) groups excluding carboxylic acids is 1. The van der Waals surface area contributed by atoms with Gasteiger partial charge in [-0.05, 0) is 48.7 Å². The average molecular weight is 365 g/mol. The van der Waals surface area contributed by atoms with Gasteiger partial charge >= 0.3 is 0 Å². The molecule has 24 heavy (non-hydrogen) atoms. The number of sulfonamides is 1. The summed E-state index contributed by atoms with van der Waals surface area (Å²) in [5, 5.41) is 3.39. The van der Waals surface area contributed by atoms with Crippen molar-refractivity contribution in [2.24, 2.45) is 0 Å². The molecule has 2 aromatic carbocycles. The summed E-state index contributed by atoms with van der Waals surface area (Å²) in [5.74, 6) is -0.302. The third-order valence-electron chi connectivity index (χ3n) is 4.12. The highest BCUT2D eigenvalue weighted by molar-refractivity contribution is 7.92. The monoisotopic (exact) mass is 364 g/mol. The second kappa shape index (κ2) is 6.11. The lowest BCUT2D eigenvalue weighted by molar-refractivity contribution is 0.102. The van der Waals surface area contributed by atoms with Crippen LogP contribution in [0.1, 0.15) is 21.5 Å². The summed E-state index contributed by atoms with van der Waals surface area (Å²) in [7, 11) is -3.35. The van der Waals surface area contributed by atoms with Gasteiger partial charge in [0.25, 0.3) is 5.91 Å². The van der Waals surface area contributed by atoms with E-state index in [4.69, 9.17) is 11.6 Å². The lowest BCUT2D eigenvalue weighted by atomic mass is 10.1. The average Bonchev–Trinajstić information content (AvgIpc) is 2.95. The van der Waals surface area contributed by atoms with Gasteiger partial charge in [0, 0.05) is 22.8 Å². The number of rotatable bonds is 3. The van der Waals surface area contributed by atoms with E-state index in [1.54, 1.807) is 36.4 Å². The predicted molar refractivity (Wildman–Crippen MR) is 96.5 cm³/mol. The molecule has 0 atom stereocenters. The summed E-state index contributed by atoms with van der Waals surface area (Å²) in [6, 6.07) is 10.4. The summed E-state index contributed by atoms with van der Waals surface area (Å²) < 4.78 is 25.1. The quantitative estimate of drug-likeness (QED) is 0.909. The molecule has 5 nitrogen and oxygen atoms in total. The van der Waals surface area contributed by atoms with Gasteiger partial charge in [0.15, 0.2) is 0 Å². The summed E-state index contributed by atoms with van der Waals surface area (Å²) in [6.07, 6.45) is 1.82. The van der Waals surface area contributed by atoms with Crippen LogP contribution in [0.3, 0.4) is 0 Å². The first-order valence-corrected chi connectivity index (χ1v) is 9.67. The Labute approximate surface area is 146 Å². The van der Waals surface area contributed by atoms with Gasteiger partial charge in [0.2, 0.25) is 10.0 Å². The molecule has 0 fully saturated rings. The maximum Gasteiger partial charge on any atom is 0.255 e. The maximum atomic E-state index is 12.5. The van der Waals surface area contributed by atoms with Crippen LogP contribution in [0.25, 0.3) is 0 Å². The molecule has 0 unspecified atom stereocenters. The second-order valence-corrected chi connectivity index (χ2v) is 8.11. The van der Waals surface area contributed by atoms with Gasteiger partial charge in [-0.25, -0.2) is 8.42 Å². The first-order valence-electron chi connectivity index (χ1n) is 7.44. The summed E-state index contributed by atoms with van der Waals surface area (Å²) in [5.41, 5.74) is 3.33. The SMILES string of the molecule is Cc1c(Cl)cccc1NC(=O)c1ccc2c(c1)N(S(C)(=O)=O)CC2. The number of benzene rings is 2. The van der Waals surface area contributed by atoms with Crippen LogP contribution in [0.4, 0.5) is 11.4 Å². The lowest BCUT2D eigenvalue weighted by Crippen LogP contribution is -2.27. The number of amides is 1. The molecule has 1 aliphatic rings. The highest BCUT2D eigenvalue weighted by atomic mass is 35.5.